The van der Waals surface area contributed by atoms with Gasteiger partial charge in [0.2, 0.25) is 0 Å². The fraction of sp³-hybridized carbons (Fsp3) is 0.188. The summed E-state index contributed by atoms with van der Waals surface area (Å²) in [5.41, 5.74) is 7.76. The summed E-state index contributed by atoms with van der Waals surface area (Å²) in [6.07, 6.45) is 4.28. The summed E-state index contributed by atoms with van der Waals surface area (Å²) in [6, 6.07) is 29.8. The van der Waals surface area contributed by atoms with Gasteiger partial charge in [0.05, 0.1) is 0 Å². The molecular formula is C32H31BN6+2. The number of fused-ring (bicyclic) bond motifs is 4. The zero-order valence-electron chi connectivity index (χ0n) is 23.0. The van der Waals surface area contributed by atoms with Crippen LogP contribution in [0, 0.1) is 0 Å². The third-order valence-corrected chi connectivity index (χ3v) is 7.76. The second-order valence-electron chi connectivity index (χ2n) is 11.4. The van der Waals surface area contributed by atoms with Gasteiger partial charge in [-0.25, -0.2) is 19.1 Å². The van der Waals surface area contributed by atoms with Gasteiger partial charge in [0.1, 0.15) is 42.9 Å². The Morgan fingerprint density at radius 2 is 1.05 bits per heavy atom. The van der Waals surface area contributed by atoms with Gasteiger partial charge in [-0.1, -0.05) is 57.2 Å². The zero-order valence-corrected chi connectivity index (χ0v) is 23.0. The highest BCUT2D eigenvalue weighted by Crippen LogP contribution is 2.42. The monoisotopic (exact) mass is 510 g/mol. The van der Waals surface area contributed by atoms with Gasteiger partial charge in [-0.2, -0.15) is 0 Å². The maximum Gasteiger partial charge on any atom is 0.418 e. The molecule has 0 spiro atoms. The first-order chi connectivity index (χ1) is 18.8. The van der Waals surface area contributed by atoms with Crippen molar-refractivity contribution in [3.05, 3.63) is 103 Å². The number of pyridine rings is 2. The van der Waals surface area contributed by atoms with Crippen LogP contribution in [-0.4, -0.2) is 16.7 Å². The molecule has 0 amide bonds. The Morgan fingerprint density at radius 3 is 1.46 bits per heavy atom. The molecule has 3 aromatic heterocycles. The topological polar surface area (TPSA) is 40.0 Å². The van der Waals surface area contributed by atoms with E-state index in [0.717, 1.165) is 45.7 Å². The summed E-state index contributed by atoms with van der Waals surface area (Å²) in [5, 5.41) is 0. The van der Waals surface area contributed by atoms with Crippen LogP contribution in [0.1, 0.15) is 26.6 Å². The lowest BCUT2D eigenvalue weighted by atomic mass is 9.37. The summed E-state index contributed by atoms with van der Waals surface area (Å²) >= 11 is 0. The minimum Gasteiger partial charge on any atom is -0.290 e. The zero-order chi connectivity index (χ0) is 26.9. The molecule has 0 aliphatic carbocycles. The number of rotatable bonds is 2. The molecule has 2 aliphatic rings. The second kappa shape index (κ2) is 8.50. The molecule has 0 unspecified atom stereocenters. The molecular weight excluding hydrogens is 479 g/mol. The van der Waals surface area contributed by atoms with Crippen LogP contribution in [0.5, 0.6) is 0 Å². The van der Waals surface area contributed by atoms with Crippen LogP contribution in [-0.2, 0) is 19.5 Å². The van der Waals surface area contributed by atoms with Gasteiger partial charge in [0.15, 0.2) is 23.6 Å². The van der Waals surface area contributed by atoms with Gasteiger partial charge in [-0.3, -0.25) is 9.80 Å². The van der Waals surface area contributed by atoms with Gasteiger partial charge in [0, 0.05) is 34.4 Å². The minimum atomic E-state index is -0.241. The minimum absolute atomic E-state index is 0.0358. The molecule has 0 bridgehead atoms. The highest BCUT2D eigenvalue weighted by molar-refractivity contribution is 6.98. The quantitative estimate of drug-likeness (QED) is 0.264. The highest BCUT2D eigenvalue weighted by atomic mass is 15.3. The molecule has 0 fully saturated rings. The number of benzene rings is 2. The standard InChI is InChI=1S/C32H31BN6/c1-32(2,3)31-34-29-26-30(35-31)39(23-16-10-7-11-17-23)25-19-13-21-37(5)28(25)33(26)27-24(18-12-20-36(27)4)38(29)22-14-8-6-9-15-22/h6-21H,1-5H3/q+2. The van der Waals surface area contributed by atoms with Gasteiger partial charge in [-0.15, -0.1) is 0 Å². The number of aromatic nitrogens is 4. The van der Waals surface area contributed by atoms with Crippen molar-refractivity contribution < 1.29 is 9.13 Å². The second-order valence-corrected chi connectivity index (χ2v) is 11.4. The molecule has 2 aromatic carbocycles. The predicted molar refractivity (Wildman–Crippen MR) is 157 cm³/mol. The number of para-hydroxylation sites is 2. The molecule has 0 radical (unpaired) electrons. The van der Waals surface area contributed by atoms with Crippen LogP contribution in [0.25, 0.3) is 0 Å². The van der Waals surface area contributed by atoms with E-state index in [0.29, 0.717) is 0 Å². The average molecular weight is 510 g/mol. The molecule has 5 heterocycles. The molecule has 2 aliphatic heterocycles. The summed E-state index contributed by atoms with van der Waals surface area (Å²) in [6.45, 7) is 6.52. The number of aryl methyl sites for hydroxylation is 2. The molecule has 39 heavy (non-hydrogen) atoms. The molecule has 5 aromatic rings. The van der Waals surface area contributed by atoms with E-state index < -0.39 is 0 Å². The molecule has 0 saturated carbocycles. The van der Waals surface area contributed by atoms with E-state index in [1.165, 1.54) is 11.2 Å². The average Bonchev–Trinajstić information content (AvgIpc) is 2.93. The van der Waals surface area contributed by atoms with Crippen LogP contribution in [0.3, 0.4) is 0 Å². The lowest BCUT2D eigenvalue weighted by molar-refractivity contribution is -0.658. The van der Waals surface area contributed by atoms with Crippen molar-refractivity contribution in [1.82, 2.24) is 9.97 Å². The van der Waals surface area contributed by atoms with Crippen LogP contribution in [0.2, 0.25) is 0 Å². The van der Waals surface area contributed by atoms with Gasteiger partial charge >= 0.3 is 6.71 Å². The Morgan fingerprint density at radius 1 is 0.615 bits per heavy atom. The molecule has 190 valence electrons. The first kappa shape index (κ1) is 23.6. The Hall–Kier alpha value is -4.52. The first-order valence-electron chi connectivity index (χ1n) is 13.4. The molecule has 0 N–H and O–H groups in total. The highest BCUT2D eigenvalue weighted by Gasteiger charge is 2.54. The molecule has 0 saturated heterocycles. The molecule has 6 nitrogen and oxygen atoms in total. The number of hydrogen-bond acceptors (Lipinski definition) is 4. The predicted octanol–water partition coefficient (Wildman–Crippen LogP) is 3.51. The Labute approximate surface area is 229 Å². The van der Waals surface area contributed by atoms with Crippen molar-refractivity contribution in [3.8, 4) is 0 Å². The van der Waals surface area contributed by atoms with Crippen molar-refractivity contribution in [1.29, 1.82) is 0 Å². The number of nitrogens with zero attached hydrogens (tertiary/aromatic N) is 6. The smallest absolute Gasteiger partial charge is 0.290 e. The van der Waals surface area contributed by atoms with Crippen LogP contribution >= 0.6 is 0 Å². The van der Waals surface area contributed by atoms with E-state index >= 15 is 0 Å². The van der Waals surface area contributed by atoms with Crippen LogP contribution in [0.15, 0.2) is 97.3 Å². The van der Waals surface area contributed by atoms with Crippen molar-refractivity contribution in [2.45, 2.75) is 26.2 Å². The Kier molecular flexibility index (Phi) is 5.14. The lowest BCUT2D eigenvalue weighted by Gasteiger charge is -2.39. The van der Waals surface area contributed by atoms with Crippen molar-refractivity contribution >= 4 is 57.7 Å². The summed E-state index contributed by atoms with van der Waals surface area (Å²) in [5.74, 6) is 2.70. The van der Waals surface area contributed by atoms with Crippen molar-refractivity contribution in [2.75, 3.05) is 9.80 Å². The van der Waals surface area contributed by atoms with Crippen LogP contribution < -0.4 is 35.6 Å². The molecule has 7 rings (SSSR count). The number of anilines is 6. The van der Waals surface area contributed by atoms with E-state index in [2.05, 4.69) is 151 Å². The lowest BCUT2D eigenvalue weighted by Crippen LogP contribution is -2.75. The fourth-order valence-corrected chi connectivity index (χ4v) is 5.99. The molecule has 7 heteroatoms. The fourth-order valence-electron chi connectivity index (χ4n) is 5.99. The van der Waals surface area contributed by atoms with E-state index in [9.17, 15) is 0 Å². The van der Waals surface area contributed by atoms with E-state index in [1.54, 1.807) is 0 Å². The maximum atomic E-state index is 5.36. The largest absolute Gasteiger partial charge is 0.418 e. The van der Waals surface area contributed by atoms with Crippen molar-refractivity contribution in [2.24, 2.45) is 14.1 Å². The van der Waals surface area contributed by atoms with Gasteiger partial charge in [0.25, 0.3) is 0 Å². The first-order valence-corrected chi connectivity index (χ1v) is 13.4. The van der Waals surface area contributed by atoms with Crippen molar-refractivity contribution in [3.63, 3.8) is 0 Å². The van der Waals surface area contributed by atoms with E-state index in [1.807, 2.05) is 0 Å². The number of hydrogen-bond donors (Lipinski definition) is 0. The normalized spacial score (nSPS) is 13.6. The Balaban J connectivity index is 1.67. The molecule has 0 atom stereocenters. The van der Waals surface area contributed by atoms with Gasteiger partial charge in [-0.05, 0) is 36.4 Å². The van der Waals surface area contributed by atoms with E-state index in [4.69, 9.17) is 9.97 Å². The Bertz CT molecular complexity index is 1610. The summed E-state index contributed by atoms with van der Waals surface area (Å²) < 4.78 is 4.52. The SMILES string of the molecule is C[n+]1cccc2c1B1c3c(nc(C(C)(C)C)nc3N(c3ccccc3)c3ccc[n+](C)c31)N2c1ccccc1. The summed E-state index contributed by atoms with van der Waals surface area (Å²) in [4.78, 5) is 15.4. The van der Waals surface area contributed by atoms with E-state index in [-0.39, 0.29) is 12.1 Å². The van der Waals surface area contributed by atoms with Crippen LogP contribution in [0.4, 0.5) is 34.4 Å². The maximum absolute atomic E-state index is 5.36. The summed E-state index contributed by atoms with van der Waals surface area (Å²) in [7, 11) is 4.28. The third-order valence-electron chi connectivity index (χ3n) is 7.76. The third kappa shape index (κ3) is 3.49. The van der Waals surface area contributed by atoms with Gasteiger partial charge < -0.3 is 0 Å².